The molecule has 0 saturated carbocycles. The second kappa shape index (κ2) is 8.61. The van der Waals surface area contributed by atoms with Crippen LogP contribution in [-0.2, 0) is 22.5 Å². The van der Waals surface area contributed by atoms with Crippen LogP contribution in [0.5, 0.6) is 0 Å². The smallest absolute Gasteiger partial charge is 0.219 e. The molecule has 5 heterocycles. The van der Waals surface area contributed by atoms with Crippen LogP contribution in [0.15, 0.2) is 42.9 Å². The first-order valence-corrected chi connectivity index (χ1v) is 12.4. The van der Waals surface area contributed by atoms with Crippen LogP contribution in [0.2, 0.25) is 0 Å². The van der Waals surface area contributed by atoms with Crippen LogP contribution in [0.25, 0.3) is 33.3 Å². The topological polar surface area (TPSA) is 78.1 Å². The molecule has 1 atom stereocenters. The molecule has 0 radical (unpaired) electrons. The number of fused-ring (bicyclic) bond motifs is 2. The SMILES string of the molecule is CCC(C)n1cc(-c2cc3cccc(-c4nn(C5COC5)c5c4CN(C(C)=O)CC5)c3cn2)cn1. The van der Waals surface area contributed by atoms with Crippen molar-refractivity contribution in [2.24, 2.45) is 0 Å². The minimum atomic E-state index is 0.100. The van der Waals surface area contributed by atoms with E-state index < -0.39 is 0 Å². The summed E-state index contributed by atoms with van der Waals surface area (Å²) in [7, 11) is 0. The van der Waals surface area contributed by atoms with Gasteiger partial charge in [-0.2, -0.15) is 10.2 Å². The third kappa shape index (κ3) is 3.72. The van der Waals surface area contributed by atoms with E-state index >= 15 is 0 Å². The van der Waals surface area contributed by atoms with Crippen molar-refractivity contribution in [3.8, 4) is 22.5 Å². The van der Waals surface area contributed by atoms with Gasteiger partial charge in [0.05, 0.1) is 36.8 Å². The zero-order chi connectivity index (χ0) is 24.1. The Bertz CT molecular complexity index is 1420. The Morgan fingerprint density at radius 2 is 2.11 bits per heavy atom. The molecular formula is C27H30N6O2. The van der Waals surface area contributed by atoms with Crippen LogP contribution >= 0.6 is 0 Å². The minimum Gasteiger partial charge on any atom is -0.377 e. The molecule has 1 saturated heterocycles. The monoisotopic (exact) mass is 470 g/mol. The van der Waals surface area contributed by atoms with Crippen molar-refractivity contribution in [3.05, 3.63) is 54.1 Å². The van der Waals surface area contributed by atoms with E-state index in [-0.39, 0.29) is 11.9 Å². The van der Waals surface area contributed by atoms with Crippen LogP contribution in [0.4, 0.5) is 0 Å². The third-order valence-electron chi connectivity index (χ3n) is 7.46. The van der Waals surface area contributed by atoms with E-state index in [1.165, 1.54) is 5.69 Å². The highest BCUT2D eigenvalue weighted by molar-refractivity contribution is 5.97. The van der Waals surface area contributed by atoms with Gasteiger partial charge in [0.1, 0.15) is 0 Å². The summed E-state index contributed by atoms with van der Waals surface area (Å²) in [4.78, 5) is 18.9. The molecule has 4 aromatic rings. The summed E-state index contributed by atoms with van der Waals surface area (Å²) in [6.45, 7) is 8.66. The van der Waals surface area contributed by atoms with E-state index in [2.05, 4.69) is 54.1 Å². The van der Waals surface area contributed by atoms with Crippen LogP contribution in [-0.4, -0.2) is 55.1 Å². The van der Waals surface area contributed by atoms with Crippen LogP contribution < -0.4 is 0 Å². The molecule has 8 heteroatoms. The predicted molar refractivity (Wildman–Crippen MR) is 134 cm³/mol. The Kier molecular flexibility index (Phi) is 5.40. The number of carbonyl (C=O) groups is 1. The summed E-state index contributed by atoms with van der Waals surface area (Å²) in [6, 6.07) is 9.06. The highest BCUT2D eigenvalue weighted by atomic mass is 16.5. The number of hydrogen-bond acceptors (Lipinski definition) is 5. The largest absolute Gasteiger partial charge is 0.377 e. The lowest BCUT2D eigenvalue weighted by Crippen LogP contribution is -2.37. The molecule has 1 fully saturated rings. The molecule has 2 aliphatic rings. The van der Waals surface area contributed by atoms with E-state index in [4.69, 9.17) is 14.8 Å². The molecule has 0 aliphatic carbocycles. The number of amides is 1. The Hall–Kier alpha value is -3.52. The van der Waals surface area contributed by atoms with Gasteiger partial charge >= 0.3 is 0 Å². The molecule has 1 unspecified atom stereocenters. The van der Waals surface area contributed by atoms with Crippen molar-refractivity contribution < 1.29 is 9.53 Å². The molecule has 2 aliphatic heterocycles. The highest BCUT2D eigenvalue weighted by Gasteiger charge is 2.32. The zero-order valence-corrected chi connectivity index (χ0v) is 20.4. The van der Waals surface area contributed by atoms with Crippen molar-refractivity contribution in [1.29, 1.82) is 0 Å². The average Bonchev–Trinajstić information content (AvgIpc) is 3.47. The normalized spacial score (nSPS) is 16.8. The number of ether oxygens (including phenoxy) is 1. The van der Waals surface area contributed by atoms with Gasteiger partial charge in [-0.05, 0) is 24.8 Å². The number of aromatic nitrogens is 5. The Morgan fingerprint density at radius 3 is 2.86 bits per heavy atom. The summed E-state index contributed by atoms with van der Waals surface area (Å²) >= 11 is 0. The summed E-state index contributed by atoms with van der Waals surface area (Å²) in [5.41, 5.74) is 6.29. The van der Waals surface area contributed by atoms with Gasteiger partial charge in [0, 0.05) is 72.6 Å². The maximum atomic E-state index is 12.2. The summed E-state index contributed by atoms with van der Waals surface area (Å²) < 4.78 is 9.61. The van der Waals surface area contributed by atoms with Gasteiger partial charge in [-0.25, -0.2) is 0 Å². The van der Waals surface area contributed by atoms with E-state index in [0.29, 0.717) is 25.8 Å². The molecule has 35 heavy (non-hydrogen) atoms. The van der Waals surface area contributed by atoms with E-state index in [9.17, 15) is 4.79 Å². The fourth-order valence-electron chi connectivity index (χ4n) is 5.03. The number of carbonyl (C=O) groups excluding carboxylic acids is 1. The number of benzene rings is 1. The number of hydrogen-bond donors (Lipinski definition) is 0. The molecule has 6 rings (SSSR count). The predicted octanol–water partition coefficient (Wildman–Crippen LogP) is 4.41. The summed E-state index contributed by atoms with van der Waals surface area (Å²) in [6.07, 6.45) is 7.75. The highest BCUT2D eigenvalue weighted by Crippen LogP contribution is 2.37. The third-order valence-corrected chi connectivity index (χ3v) is 7.46. The van der Waals surface area contributed by atoms with Gasteiger partial charge in [-0.3, -0.25) is 19.1 Å². The van der Waals surface area contributed by atoms with E-state index in [1.807, 2.05) is 22.0 Å². The molecule has 180 valence electrons. The number of rotatable bonds is 5. The van der Waals surface area contributed by atoms with E-state index in [0.717, 1.165) is 58.2 Å². The summed E-state index contributed by atoms with van der Waals surface area (Å²) in [5.74, 6) is 0.100. The number of nitrogens with zero attached hydrogens (tertiary/aromatic N) is 6. The van der Waals surface area contributed by atoms with Crippen LogP contribution in [0.3, 0.4) is 0 Å². The molecule has 0 spiro atoms. The van der Waals surface area contributed by atoms with Crippen LogP contribution in [0.1, 0.15) is 50.5 Å². The van der Waals surface area contributed by atoms with Gasteiger partial charge < -0.3 is 9.64 Å². The first kappa shape index (κ1) is 22.0. The molecular weight excluding hydrogens is 440 g/mol. The maximum absolute atomic E-state index is 12.2. The van der Waals surface area contributed by atoms with Crippen molar-refractivity contribution >= 4 is 16.7 Å². The zero-order valence-electron chi connectivity index (χ0n) is 20.4. The lowest BCUT2D eigenvalue weighted by atomic mass is 9.97. The fraction of sp³-hybridized carbons (Fsp3) is 0.407. The Balaban J connectivity index is 1.44. The lowest BCUT2D eigenvalue weighted by molar-refractivity contribution is -0.129. The van der Waals surface area contributed by atoms with Gasteiger partial charge in [0.2, 0.25) is 5.91 Å². The Morgan fingerprint density at radius 1 is 1.26 bits per heavy atom. The number of pyridine rings is 1. The Labute approximate surface area is 204 Å². The molecule has 1 amide bonds. The quantitative estimate of drug-likeness (QED) is 0.432. The molecule has 8 nitrogen and oxygen atoms in total. The van der Waals surface area contributed by atoms with Gasteiger partial charge in [0.15, 0.2) is 0 Å². The van der Waals surface area contributed by atoms with Gasteiger partial charge in [-0.1, -0.05) is 25.1 Å². The van der Waals surface area contributed by atoms with Crippen molar-refractivity contribution in [1.82, 2.24) is 29.4 Å². The first-order chi connectivity index (χ1) is 17.0. The lowest BCUT2D eigenvalue weighted by Gasteiger charge is -2.31. The molecule has 0 N–H and O–H groups in total. The first-order valence-electron chi connectivity index (χ1n) is 12.4. The van der Waals surface area contributed by atoms with Gasteiger partial charge in [-0.15, -0.1) is 0 Å². The average molecular weight is 471 g/mol. The fourth-order valence-corrected chi connectivity index (χ4v) is 5.03. The maximum Gasteiger partial charge on any atom is 0.219 e. The standard InChI is InChI=1S/C27H30N6O2/c1-4-17(2)32-13-20(11-29-32)25-10-19-6-5-7-22(23(19)12-28-25)27-24-14-31(18(3)34)9-8-26(24)33(30-27)21-15-35-16-21/h5-7,10-13,17,21H,4,8-9,14-16H2,1-3H3. The molecule has 0 bridgehead atoms. The summed E-state index contributed by atoms with van der Waals surface area (Å²) in [5, 5.41) is 11.8. The van der Waals surface area contributed by atoms with E-state index in [1.54, 1.807) is 6.92 Å². The van der Waals surface area contributed by atoms with Crippen LogP contribution in [0, 0.1) is 0 Å². The molecule has 1 aromatic carbocycles. The van der Waals surface area contributed by atoms with Crippen molar-refractivity contribution in [2.75, 3.05) is 19.8 Å². The minimum absolute atomic E-state index is 0.100. The second-order valence-corrected chi connectivity index (χ2v) is 9.66. The van der Waals surface area contributed by atoms with Crippen molar-refractivity contribution in [2.45, 2.75) is 52.2 Å². The van der Waals surface area contributed by atoms with Gasteiger partial charge in [0.25, 0.3) is 0 Å². The van der Waals surface area contributed by atoms with Crippen molar-refractivity contribution in [3.63, 3.8) is 0 Å². The molecule has 3 aromatic heterocycles. The second-order valence-electron chi connectivity index (χ2n) is 9.66.